The number of aromatic nitrogens is 1. The van der Waals surface area contributed by atoms with E-state index in [-0.39, 0.29) is 5.75 Å². The quantitative estimate of drug-likeness (QED) is 0.104. The van der Waals surface area contributed by atoms with Gasteiger partial charge in [-0.05, 0) is 48.6 Å². The number of hydrogen-bond donors (Lipinski definition) is 0. The van der Waals surface area contributed by atoms with Gasteiger partial charge < -0.3 is 9.45 Å². The molecular formula is C31H41ClN2O3S. The van der Waals surface area contributed by atoms with E-state index in [2.05, 4.69) is 71.9 Å². The fourth-order valence-corrected chi connectivity index (χ4v) is 5.51. The number of nitrogens with zero attached hydrogens (tertiary/aromatic N) is 2. The number of aryl methyl sites for hydroxylation is 1. The van der Waals surface area contributed by atoms with Gasteiger partial charge in [-0.2, -0.15) is 4.57 Å². The first-order valence-corrected chi connectivity index (χ1v) is 15.8. The van der Waals surface area contributed by atoms with Crippen molar-refractivity contribution >= 4 is 50.5 Å². The van der Waals surface area contributed by atoms with Crippen LogP contribution in [-0.2, 0) is 16.7 Å². The maximum absolute atomic E-state index is 10.9. The van der Waals surface area contributed by atoms with Crippen molar-refractivity contribution in [2.45, 2.75) is 71.8 Å². The van der Waals surface area contributed by atoms with E-state index in [4.69, 9.17) is 11.6 Å². The molecule has 2 aromatic carbocycles. The van der Waals surface area contributed by atoms with E-state index < -0.39 is 10.1 Å². The Balaban J connectivity index is 1.76. The zero-order valence-electron chi connectivity index (χ0n) is 22.7. The van der Waals surface area contributed by atoms with Crippen molar-refractivity contribution in [3.63, 3.8) is 0 Å². The maximum Gasteiger partial charge on any atom is 0.213 e. The van der Waals surface area contributed by atoms with Crippen molar-refractivity contribution in [2.24, 2.45) is 0 Å². The first-order chi connectivity index (χ1) is 18.3. The zero-order valence-corrected chi connectivity index (χ0v) is 24.3. The molecule has 38 heavy (non-hydrogen) atoms. The van der Waals surface area contributed by atoms with Crippen LogP contribution in [0.15, 0.2) is 54.7 Å². The van der Waals surface area contributed by atoms with E-state index in [0.29, 0.717) is 19.4 Å². The van der Waals surface area contributed by atoms with Gasteiger partial charge in [0.25, 0.3) is 0 Å². The molecular weight excluding hydrogens is 516 g/mol. The third kappa shape index (κ3) is 9.40. The van der Waals surface area contributed by atoms with Crippen LogP contribution in [0.2, 0.25) is 5.02 Å². The third-order valence-electron chi connectivity index (χ3n) is 6.86. The molecule has 206 valence electrons. The Bertz CT molecular complexity index is 1300. The van der Waals surface area contributed by atoms with E-state index in [1.807, 2.05) is 18.3 Å². The number of hydrogen-bond acceptors (Lipinski definition) is 4. The SMILES string of the molecule is CCCCCN(CCCCC)c1ccc(/C=C/c2cc[n+](CCCCS(=O)(=O)[O-])c3ccccc23)c(Cl)c1. The fraction of sp³-hybridized carbons (Fsp3) is 0.452. The summed E-state index contributed by atoms with van der Waals surface area (Å²) in [7, 11) is -4.17. The van der Waals surface area contributed by atoms with Crippen LogP contribution in [0.4, 0.5) is 5.69 Å². The van der Waals surface area contributed by atoms with Crippen molar-refractivity contribution in [1.82, 2.24) is 0 Å². The number of anilines is 1. The van der Waals surface area contributed by atoms with Gasteiger partial charge in [0, 0.05) is 48.1 Å². The molecule has 0 N–H and O–H groups in total. The van der Waals surface area contributed by atoms with Gasteiger partial charge in [-0.3, -0.25) is 0 Å². The predicted octanol–water partition coefficient (Wildman–Crippen LogP) is 7.46. The highest BCUT2D eigenvalue weighted by Gasteiger charge is 2.12. The minimum atomic E-state index is -4.17. The first-order valence-electron chi connectivity index (χ1n) is 13.9. The molecule has 1 aromatic heterocycles. The van der Waals surface area contributed by atoms with E-state index in [0.717, 1.165) is 40.1 Å². The molecule has 0 fully saturated rings. The van der Waals surface area contributed by atoms with Crippen LogP contribution in [0.5, 0.6) is 0 Å². The van der Waals surface area contributed by atoms with Crippen molar-refractivity contribution < 1.29 is 17.5 Å². The van der Waals surface area contributed by atoms with Gasteiger partial charge in [-0.25, -0.2) is 8.42 Å². The Morgan fingerprint density at radius 3 is 2.21 bits per heavy atom. The lowest BCUT2D eigenvalue weighted by Crippen LogP contribution is -2.34. The van der Waals surface area contributed by atoms with Gasteiger partial charge in [-0.1, -0.05) is 81.5 Å². The van der Waals surface area contributed by atoms with Gasteiger partial charge >= 0.3 is 0 Å². The number of benzene rings is 2. The molecule has 0 unspecified atom stereocenters. The molecule has 3 rings (SSSR count). The molecule has 0 bridgehead atoms. The van der Waals surface area contributed by atoms with Gasteiger partial charge in [0.15, 0.2) is 6.20 Å². The van der Waals surface area contributed by atoms with Crippen LogP contribution in [-0.4, -0.2) is 31.8 Å². The second-order valence-electron chi connectivity index (χ2n) is 9.89. The molecule has 0 radical (unpaired) electrons. The second kappa shape index (κ2) is 15.2. The second-order valence-corrected chi connectivity index (χ2v) is 11.8. The van der Waals surface area contributed by atoms with E-state index in [1.165, 1.54) is 44.2 Å². The molecule has 7 heteroatoms. The molecule has 1 heterocycles. The molecule has 0 saturated carbocycles. The molecule has 0 aliphatic heterocycles. The number of halogens is 1. The summed E-state index contributed by atoms with van der Waals surface area (Å²) in [5.74, 6) is -0.318. The number of para-hydroxylation sites is 1. The number of rotatable bonds is 16. The van der Waals surface area contributed by atoms with Crippen LogP contribution >= 0.6 is 11.6 Å². The maximum atomic E-state index is 10.9. The van der Waals surface area contributed by atoms with Crippen LogP contribution < -0.4 is 9.47 Å². The Morgan fingerprint density at radius 1 is 0.868 bits per heavy atom. The average molecular weight is 557 g/mol. The minimum Gasteiger partial charge on any atom is -0.748 e. The standard InChI is InChI=1S/C31H41ClN2O3S/c1-3-5-9-20-33(21-10-6-4-2)28-18-17-27(30(32)25-28)16-15-26-19-23-34(22-11-12-24-38(35,36)37)31-14-8-7-13-29(26)31/h7-8,13-19,23,25H,3-6,9-12,20-22,24H2,1-2H3. The molecule has 0 amide bonds. The van der Waals surface area contributed by atoms with Crippen molar-refractivity contribution in [3.05, 3.63) is 70.9 Å². The highest BCUT2D eigenvalue weighted by atomic mass is 35.5. The summed E-state index contributed by atoms with van der Waals surface area (Å²) < 4.78 is 34.8. The van der Waals surface area contributed by atoms with Crippen LogP contribution in [0.1, 0.15) is 76.3 Å². The normalized spacial score (nSPS) is 12.0. The summed E-state index contributed by atoms with van der Waals surface area (Å²) in [6, 6.07) is 16.6. The smallest absolute Gasteiger partial charge is 0.213 e. The summed E-state index contributed by atoms with van der Waals surface area (Å²) in [4.78, 5) is 2.47. The van der Waals surface area contributed by atoms with Crippen molar-refractivity contribution in [3.8, 4) is 0 Å². The summed E-state index contributed by atoms with van der Waals surface area (Å²) in [6.45, 7) is 7.25. The van der Waals surface area contributed by atoms with Crippen LogP contribution in [0, 0.1) is 0 Å². The lowest BCUT2D eigenvalue weighted by molar-refractivity contribution is -0.671. The largest absolute Gasteiger partial charge is 0.748 e. The van der Waals surface area contributed by atoms with Crippen LogP contribution in [0.3, 0.4) is 0 Å². The van der Waals surface area contributed by atoms with E-state index in [9.17, 15) is 13.0 Å². The minimum absolute atomic E-state index is 0.318. The summed E-state index contributed by atoms with van der Waals surface area (Å²) in [6.07, 6.45) is 14.5. The van der Waals surface area contributed by atoms with Crippen molar-refractivity contribution in [2.75, 3.05) is 23.7 Å². The summed E-state index contributed by atoms with van der Waals surface area (Å²) in [5, 5.41) is 1.85. The average Bonchev–Trinajstić information content (AvgIpc) is 2.89. The number of pyridine rings is 1. The monoisotopic (exact) mass is 556 g/mol. The number of fused-ring (bicyclic) bond motifs is 1. The molecule has 0 atom stereocenters. The lowest BCUT2D eigenvalue weighted by atomic mass is 10.1. The van der Waals surface area contributed by atoms with E-state index in [1.54, 1.807) is 0 Å². The highest BCUT2D eigenvalue weighted by molar-refractivity contribution is 7.85. The topological polar surface area (TPSA) is 64.3 Å². The molecule has 3 aromatic rings. The predicted molar refractivity (Wildman–Crippen MR) is 160 cm³/mol. The van der Waals surface area contributed by atoms with Gasteiger partial charge in [-0.15, -0.1) is 0 Å². The molecule has 0 aliphatic rings. The fourth-order valence-electron chi connectivity index (χ4n) is 4.71. The van der Waals surface area contributed by atoms with Gasteiger partial charge in [0.2, 0.25) is 5.52 Å². The molecule has 0 spiro atoms. The molecule has 5 nitrogen and oxygen atoms in total. The van der Waals surface area contributed by atoms with Gasteiger partial charge in [0.1, 0.15) is 6.54 Å². The third-order valence-corrected chi connectivity index (χ3v) is 7.97. The van der Waals surface area contributed by atoms with Crippen LogP contribution in [0.25, 0.3) is 23.1 Å². The van der Waals surface area contributed by atoms with E-state index >= 15 is 0 Å². The summed E-state index contributed by atoms with van der Waals surface area (Å²) in [5.41, 5.74) is 4.32. The van der Waals surface area contributed by atoms with Gasteiger partial charge in [0.05, 0.1) is 15.5 Å². The Morgan fingerprint density at radius 2 is 1.55 bits per heavy atom. The Labute approximate surface area is 233 Å². The molecule has 0 aliphatic carbocycles. The highest BCUT2D eigenvalue weighted by Crippen LogP contribution is 2.27. The number of unbranched alkanes of at least 4 members (excludes halogenated alkanes) is 5. The lowest BCUT2D eigenvalue weighted by Gasteiger charge is -2.25. The Kier molecular flexibility index (Phi) is 12.1. The molecule has 0 saturated heterocycles. The zero-order chi connectivity index (χ0) is 27.4. The first kappa shape index (κ1) is 30.1. The van der Waals surface area contributed by atoms with Crippen molar-refractivity contribution in [1.29, 1.82) is 0 Å². The Hall–Kier alpha value is -2.41. The summed E-state index contributed by atoms with van der Waals surface area (Å²) >= 11 is 6.76.